The molecule has 1 aromatic carbocycles. The van der Waals surface area contributed by atoms with Crippen molar-refractivity contribution in [1.29, 1.82) is 0 Å². The highest BCUT2D eigenvalue weighted by atomic mass is 14.5. The number of aryl methyl sites for hydroxylation is 2. The minimum absolute atomic E-state index is 0.887. The van der Waals surface area contributed by atoms with Gasteiger partial charge in [0.2, 0.25) is 0 Å². The Morgan fingerprint density at radius 1 is 1.18 bits per heavy atom. The Morgan fingerprint density at radius 2 is 1.88 bits per heavy atom. The number of hydrogen-bond acceptors (Lipinski definition) is 1. The predicted molar refractivity (Wildman–Crippen MR) is 75.0 cm³/mol. The lowest BCUT2D eigenvalue weighted by molar-refractivity contribution is 0.277. The minimum Gasteiger partial charge on any atom is -0.399 e. The van der Waals surface area contributed by atoms with E-state index in [0.717, 1.165) is 17.5 Å². The quantitative estimate of drug-likeness (QED) is 0.770. The van der Waals surface area contributed by atoms with Crippen LogP contribution in [0.15, 0.2) is 18.2 Å². The molecular weight excluding hydrogens is 206 g/mol. The number of nitrogens with two attached hydrogens (primary N) is 1. The smallest absolute Gasteiger partial charge is 0.0316 e. The van der Waals surface area contributed by atoms with E-state index in [9.17, 15) is 0 Å². The highest BCUT2D eigenvalue weighted by Gasteiger charge is 2.17. The third-order valence-electron chi connectivity index (χ3n) is 4.32. The second-order valence-corrected chi connectivity index (χ2v) is 5.85. The first-order chi connectivity index (χ1) is 8.15. The summed E-state index contributed by atoms with van der Waals surface area (Å²) in [6.07, 6.45) is 8.34. The first kappa shape index (κ1) is 12.5. The van der Waals surface area contributed by atoms with Crippen molar-refractivity contribution in [2.24, 2.45) is 11.8 Å². The molecule has 94 valence electrons. The zero-order chi connectivity index (χ0) is 12.3. The predicted octanol–water partition coefficient (Wildman–Crippen LogP) is 4.34. The normalized spacial score (nSPS) is 24.8. The van der Waals surface area contributed by atoms with Gasteiger partial charge < -0.3 is 5.73 Å². The van der Waals surface area contributed by atoms with Gasteiger partial charge in [0.25, 0.3) is 0 Å². The second-order valence-electron chi connectivity index (χ2n) is 5.85. The van der Waals surface area contributed by atoms with Crippen molar-refractivity contribution in [3.05, 3.63) is 29.3 Å². The number of hydrogen-bond donors (Lipinski definition) is 1. The molecule has 0 unspecified atom stereocenters. The van der Waals surface area contributed by atoms with E-state index >= 15 is 0 Å². The Bertz CT molecular complexity index is 362. The van der Waals surface area contributed by atoms with E-state index in [1.807, 2.05) is 6.07 Å². The Balaban J connectivity index is 1.85. The number of benzene rings is 1. The number of rotatable bonds is 3. The van der Waals surface area contributed by atoms with Gasteiger partial charge in [-0.25, -0.2) is 0 Å². The van der Waals surface area contributed by atoms with E-state index in [1.165, 1.54) is 49.7 Å². The molecule has 1 aliphatic rings. The Labute approximate surface area is 105 Å². The lowest BCUT2D eigenvalue weighted by Crippen LogP contribution is -2.13. The average Bonchev–Trinajstić information content (AvgIpc) is 2.30. The molecule has 1 aliphatic carbocycles. The summed E-state index contributed by atoms with van der Waals surface area (Å²) in [4.78, 5) is 0. The molecule has 0 bridgehead atoms. The molecule has 17 heavy (non-hydrogen) atoms. The third kappa shape index (κ3) is 3.49. The first-order valence-electron chi connectivity index (χ1n) is 7.00. The number of anilines is 1. The summed E-state index contributed by atoms with van der Waals surface area (Å²) in [5, 5.41) is 0. The van der Waals surface area contributed by atoms with Gasteiger partial charge in [-0.15, -0.1) is 0 Å². The molecule has 0 aromatic heterocycles. The van der Waals surface area contributed by atoms with Crippen molar-refractivity contribution in [2.45, 2.75) is 52.4 Å². The Kier molecular flexibility index (Phi) is 4.09. The molecule has 2 N–H and O–H groups in total. The monoisotopic (exact) mass is 231 g/mol. The van der Waals surface area contributed by atoms with Crippen molar-refractivity contribution < 1.29 is 0 Å². The van der Waals surface area contributed by atoms with Gasteiger partial charge in [0.1, 0.15) is 0 Å². The molecule has 0 spiro atoms. The van der Waals surface area contributed by atoms with E-state index < -0.39 is 0 Å². The maximum Gasteiger partial charge on any atom is 0.0316 e. The van der Waals surface area contributed by atoms with Crippen molar-refractivity contribution in [3.63, 3.8) is 0 Å². The topological polar surface area (TPSA) is 26.0 Å². The van der Waals surface area contributed by atoms with Crippen molar-refractivity contribution in [1.82, 2.24) is 0 Å². The summed E-state index contributed by atoms with van der Waals surface area (Å²) < 4.78 is 0. The summed E-state index contributed by atoms with van der Waals surface area (Å²) >= 11 is 0. The summed E-state index contributed by atoms with van der Waals surface area (Å²) in [5.41, 5.74) is 9.51. The zero-order valence-electron chi connectivity index (χ0n) is 11.2. The molecule has 0 amide bonds. The maximum atomic E-state index is 5.78. The van der Waals surface area contributed by atoms with Gasteiger partial charge in [-0.3, -0.25) is 0 Å². The first-order valence-corrected chi connectivity index (χ1v) is 7.00. The maximum absolute atomic E-state index is 5.78. The highest BCUT2D eigenvalue weighted by molar-refractivity contribution is 5.44. The van der Waals surface area contributed by atoms with E-state index in [2.05, 4.69) is 26.0 Å². The van der Waals surface area contributed by atoms with Crippen LogP contribution in [-0.2, 0) is 6.42 Å². The molecule has 1 fully saturated rings. The standard InChI is InChI=1S/C16H25N/c1-12-3-5-14(6-4-12)7-8-15-9-10-16(17)11-13(15)2/h9-12,14H,3-8,17H2,1-2H3. The molecule has 1 aromatic rings. The van der Waals surface area contributed by atoms with Crippen LogP contribution >= 0.6 is 0 Å². The highest BCUT2D eigenvalue weighted by Crippen LogP contribution is 2.31. The van der Waals surface area contributed by atoms with Crippen LogP contribution in [0.3, 0.4) is 0 Å². The molecule has 0 saturated heterocycles. The van der Waals surface area contributed by atoms with Gasteiger partial charge in [0.15, 0.2) is 0 Å². The molecule has 1 nitrogen and oxygen atoms in total. The summed E-state index contributed by atoms with van der Waals surface area (Å²) in [6, 6.07) is 6.33. The van der Waals surface area contributed by atoms with Crippen LogP contribution in [0.2, 0.25) is 0 Å². The average molecular weight is 231 g/mol. The molecule has 0 heterocycles. The lowest BCUT2D eigenvalue weighted by atomic mass is 9.80. The van der Waals surface area contributed by atoms with Gasteiger partial charge >= 0.3 is 0 Å². The fraction of sp³-hybridized carbons (Fsp3) is 0.625. The Hall–Kier alpha value is -0.980. The van der Waals surface area contributed by atoms with Gasteiger partial charge in [-0.2, -0.15) is 0 Å². The van der Waals surface area contributed by atoms with E-state index in [0.29, 0.717) is 0 Å². The molecule has 2 rings (SSSR count). The van der Waals surface area contributed by atoms with Gasteiger partial charge in [-0.1, -0.05) is 38.7 Å². The van der Waals surface area contributed by atoms with Crippen LogP contribution in [-0.4, -0.2) is 0 Å². The van der Waals surface area contributed by atoms with Crippen molar-refractivity contribution in [2.75, 3.05) is 5.73 Å². The zero-order valence-corrected chi connectivity index (χ0v) is 11.2. The van der Waals surface area contributed by atoms with Crippen molar-refractivity contribution in [3.8, 4) is 0 Å². The van der Waals surface area contributed by atoms with Crippen LogP contribution in [0.25, 0.3) is 0 Å². The van der Waals surface area contributed by atoms with Crippen LogP contribution in [0.4, 0.5) is 5.69 Å². The van der Waals surface area contributed by atoms with Crippen LogP contribution < -0.4 is 5.73 Å². The van der Waals surface area contributed by atoms with Gasteiger partial charge in [-0.05, 0) is 54.9 Å². The summed E-state index contributed by atoms with van der Waals surface area (Å²) in [7, 11) is 0. The molecule has 0 radical (unpaired) electrons. The third-order valence-corrected chi connectivity index (χ3v) is 4.32. The van der Waals surface area contributed by atoms with Crippen LogP contribution in [0.5, 0.6) is 0 Å². The molecular formula is C16H25N. The number of nitrogen functional groups attached to an aromatic ring is 1. The fourth-order valence-electron chi connectivity index (χ4n) is 2.98. The van der Waals surface area contributed by atoms with E-state index in [4.69, 9.17) is 5.73 Å². The molecule has 1 heteroatoms. The van der Waals surface area contributed by atoms with E-state index in [1.54, 1.807) is 0 Å². The SMILES string of the molecule is Cc1cc(N)ccc1CCC1CCC(C)CC1. The summed E-state index contributed by atoms with van der Waals surface area (Å²) in [6.45, 7) is 4.56. The lowest BCUT2D eigenvalue weighted by Gasteiger charge is -2.26. The Morgan fingerprint density at radius 3 is 2.53 bits per heavy atom. The van der Waals surface area contributed by atoms with Gasteiger partial charge in [0, 0.05) is 5.69 Å². The van der Waals surface area contributed by atoms with Crippen LogP contribution in [0.1, 0.15) is 50.2 Å². The van der Waals surface area contributed by atoms with E-state index in [-0.39, 0.29) is 0 Å². The minimum atomic E-state index is 0.887. The van der Waals surface area contributed by atoms with Crippen LogP contribution in [0, 0.1) is 18.8 Å². The summed E-state index contributed by atoms with van der Waals surface area (Å²) in [5.74, 6) is 1.92. The molecule has 0 atom stereocenters. The molecule has 0 aliphatic heterocycles. The van der Waals surface area contributed by atoms with Gasteiger partial charge in [0.05, 0.1) is 0 Å². The van der Waals surface area contributed by atoms with Crippen molar-refractivity contribution >= 4 is 5.69 Å². The largest absolute Gasteiger partial charge is 0.399 e. The second kappa shape index (κ2) is 5.57. The molecule has 1 saturated carbocycles. The fourth-order valence-corrected chi connectivity index (χ4v) is 2.98.